The van der Waals surface area contributed by atoms with Gasteiger partial charge in [0.15, 0.2) is 5.76 Å². The van der Waals surface area contributed by atoms with Gasteiger partial charge in [0.2, 0.25) is 5.91 Å². The fourth-order valence-electron chi connectivity index (χ4n) is 3.18. The van der Waals surface area contributed by atoms with E-state index in [-0.39, 0.29) is 23.7 Å². The molecule has 0 saturated carbocycles. The van der Waals surface area contributed by atoms with E-state index < -0.39 is 0 Å². The number of likely N-dealkylation sites (tertiary alicyclic amines) is 1. The first-order valence-corrected chi connectivity index (χ1v) is 9.65. The van der Waals surface area contributed by atoms with Gasteiger partial charge in [0, 0.05) is 30.8 Å². The summed E-state index contributed by atoms with van der Waals surface area (Å²) in [6.07, 6.45) is 5.73. The lowest BCUT2D eigenvalue weighted by Crippen LogP contribution is -2.41. The van der Waals surface area contributed by atoms with Crippen LogP contribution in [-0.2, 0) is 14.3 Å². The quantitative estimate of drug-likeness (QED) is 0.598. The number of benzene rings is 1. The molecule has 0 aliphatic carbocycles. The van der Waals surface area contributed by atoms with Crippen LogP contribution >= 0.6 is 0 Å². The van der Waals surface area contributed by atoms with Gasteiger partial charge in [-0.3, -0.25) is 9.59 Å². The van der Waals surface area contributed by atoms with E-state index in [1.807, 2.05) is 12.1 Å². The number of piperidine rings is 1. The molecule has 2 aromatic rings. The van der Waals surface area contributed by atoms with Crippen LogP contribution in [0.4, 0.5) is 5.69 Å². The van der Waals surface area contributed by atoms with E-state index in [9.17, 15) is 14.4 Å². The van der Waals surface area contributed by atoms with Gasteiger partial charge in [0.25, 0.3) is 5.91 Å². The number of furan rings is 1. The van der Waals surface area contributed by atoms with Crippen LogP contribution in [0.15, 0.2) is 53.2 Å². The number of hydrogen-bond acceptors (Lipinski definition) is 5. The average Bonchev–Trinajstić information content (AvgIpc) is 3.28. The van der Waals surface area contributed by atoms with E-state index in [1.165, 1.54) is 12.3 Å². The van der Waals surface area contributed by atoms with Crippen LogP contribution in [0, 0.1) is 5.92 Å². The van der Waals surface area contributed by atoms with E-state index in [0.29, 0.717) is 44.0 Å². The molecule has 1 aromatic carbocycles. The first-order valence-electron chi connectivity index (χ1n) is 9.65. The number of nitrogens with one attached hydrogen (secondary N) is 1. The first-order chi connectivity index (χ1) is 14.1. The molecule has 2 heterocycles. The molecule has 0 atom stereocenters. The molecule has 152 valence electrons. The number of amides is 2. The average molecular weight is 396 g/mol. The second-order valence-corrected chi connectivity index (χ2v) is 6.74. The highest BCUT2D eigenvalue weighted by Gasteiger charge is 2.28. The minimum absolute atomic E-state index is 0.0510. The predicted molar refractivity (Wildman–Crippen MR) is 108 cm³/mol. The van der Waals surface area contributed by atoms with Crippen LogP contribution in [-0.4, -0.2) is 42.4 Å². The Bertz CT molecular complexity index is 863. The van der Waals surface area contributed by atoms with Crippen LogP contribution in [0.1, 0.15) is 35.9 Å². The zero-order valence-corrected chi connectivity index (χ0v) is 16.3. The molecule has 0 unspecified atom stereocenters. The van der Waals surface area contributed by atoms with E-state index in [4.69, 9.17) is 9.15 Å². The van der Waals surface area contributed by atoms with Crippen LogP contribution in [0.3, 0.4) is 0 Å². The Labute approximate surface area is 169 Å². The number of carbonyl (C=O) groups is 3. The standard InChI is InChI=1S/C22H24N2O5/c1-2-28-20(25)10-7-16-5-8-18(9-6-16)23-21(26)17-11-13-24(14-12-17)22(27)19-4-3-15-29-19/h3-10,15,17H,2,11-14H2,1H3,(H,23,26)/b10-7+. The SMILES string of the molecule is CCOC(=O)/C=C/c1ccc(NC(=O)C2CCN(C(=O)c3ccco3)CC2)cc1. The predicted octanol–water partition coefficient (Wildman–Crippen LogP) is 3.35. The molecular formula is C22H24N2O5. The van der Waals surface area contributed by atoms with Crippen molar-refractivity contribution in [3.8, 4) is 0 Å². The van der Waals surface area contributed by atoms with Crippen molar-refractivity contribution in [2.45, 2.75) is 19.8 Å². The van der Waals surface area contributed by atoms with Crippen LogP contribution in [0.25, 0.3) is 6.08 Å². The molecule has 29 heavy (non-hydrogen) atoms. The smallest absolute Gasteiger partial charge is 0.330 e. The minimum atomic E-state index is -0.387. The lowest BCUT2D eigenvalue weighted by atomic mass is 9.95. The van der Waals surface area contributed by atoms with Gasteiger partial charge < -0.3 is 19.4 Å². The molecule has 1 aliphatic heterocycles. The number of anilines is 1. The summed E-state index contributed by atoms with van der Waals surface area (Å²) < 4.78 is 9.99. The van der Waals surface area contributed by atoms with Crippen LogP contribution in [0.5, 0.6) is 0 Å². The molecule has 1 aliphatic rings. The maximum Gasteiger partial charge on any atom is 0.330 e. The summed E-state index contributed by atoms with van der Waals surface area (Å²) in [7, 11) is 0. The molecule has 7 heteroatoms. The molecule has 1 N–H and O–H groups in total. The molecule has 1 fully saturated rings. The Kier molecular flexibility index (Phi) is 6.84. The second kappa shape index (κ2) is 9.73. The van der Waals surface area contributed by atoms with Crippen molar-refractivity contribution in [2.75, 3.05) is 25.0 Å². The van der Waals surface area contributed by atoms with Gasteiger partial charge in [-0.2, -0.15) is 0 Å². The molecule has 0 bridgehead atoms. The Morgan fingerprint density at radius 3 is 2.52 bits per heavy atom. The van der Waals surface area contributed by atoms with Gasteiger partial charge in [-0.15, -0.1) is 0 Å². The maximum absolute atomic E-state index is 12.5. The Hall–Kier alpha value is -3.35. The third kappa shape index (κ3) is 5.57. The molecule has 3 rings (SSSR count). The highest BCUT2D eigenvalue weighted by atomic mass is 16.5. The van der Waals surface area contributed by atoms with Crippen LogP contribution < -0.4 is 5.32 Å². The normalized spacial score (nSPS) is 14.7. The van der Waals surface area contributed by atoms with E-state index in [1.54, 1.807) is 42.2 Å². The van der Waals surface area contributed by atoms with Gasteiger partial charge in [0.1, 0.15) is 0 Å². The highest BCUT2D eigenvalue weighted by Crippen LogP contribution is 2.21. The van der Waals surface area contributed by atoms with Gasteiger partial charge in [0.05, 0.1) is 12.9 Å². The topological polar surface area (TPSA) is 88.9 Å². The Morgan fingerprint density at radius 2 is 1.90 bits per heavy atom. The number of esters is 1. The van der Waals surface area contributed by atoms with Crippen molar-refractivity contribution >= 4 is 29.5 Å². The fraction of sp³-hybridized carbons (Fsp3) is 0.318. The fourth-order valence-corrected chi connectivity index (χ4v) is 3.18. The van der Waals surface area contributed by atoms with Gasteiger partial charge in [-0.1, -0.05) is 12.1 Å². The zero-order valence-electron chi connectivity index (χ0n) is 16.3. The summed E-state index contributed by atoms with van der Waals surface area (Å²) in [4.78, 5) is 37.9. The summed E-state index contributed by atoms with van der Waals surface area (Å²) in [6.45, 7) is 3.14. The number of nitrogens with zero attached hydrogens (tertiary/aromatic N) is 1. The number of ether oxygens (including phenoxy) is 1. The summed E-state index contributed by atoms with van der Waals surface area (Å²) >= 11 is 0. The van der Waals surface area contributed by atoms with Crippen molar-refractivity contribution in [3.63, 3.8) is 0 Å². The summed E-state index contributed by atoms with van der Waals surface area (Å²) in [5.41, 5.74) is 1.53. The lowest BCUT2D eigenvalue weighted by Gasteiger charge is -2.30. The van der Waals surface area contributed by atoms with Crippen molar-refractivity contribution in [3.05, 3.63) is 60.1 Å². The number of hydrogen-bond donors (Lipinski definition) is 1. The Morgan fingerprint density at radius 1 is 1.17 bits per heavy atom. The summed E-state index contributed by atoms with van der Waals surface area (Å²) in [5, 5.41) is 2.92. The monoisotopic (exact) mass is 396 g/mol. The molecule has 0 spiro atoms. The van der Waals surface area contributed by atoms with Crippen LogP contribution in [0.2, 0.25) is 0 Å². The van der Waals surface area contributed by atoms with Gasteiger partial charge in [-0.05, 0) is 55.7 Å². The minimum Gasteiger partial charge on any atom is -0.463 e. The molecule has 1 saturated heterocycles. The number of rotatable bonds is 6. The van der Waals surface area contributed by atoms with Gasteiger partial charge >= 0.3 is 5.97 Å². The third-order valence-electron chi connectivity index (χ3n) is 4.76. The number of carbonyl (C=O) groups excluding carboxylic acids is 3. The van der Waals surface area contributed by atoms with E-state index in [2.05, 4.69) is 5.32 Å². The Balaban J connectivity index is 1.48. The zero-order chi connectivity index (χ0) is 20.6. The third-order valence-corrected chi connectivity index (χ3v) is 4.76. The first kappa shape index (κ1) is 20.4. The summed E-state index contributed by atoms with van der Waals surface area (Å²) in [5.74, 6) is -0.393. The van der Waals surface area contributed by atoms with Crippen molar-refractivity contribution in [1.82, 2.24) is 4.90 Å². The highest BCUT2D eigenvalue weighted by molar-refractivity contribution is 5.94. The van der Waals surface area contributed by atoms with E-state index in [0.717, 1.165) is 5.56 Å². The maximum atomic E-state index is 12.5. The molecule has 7 nitrogen and oxygen atoms in total. The van der Waals surface area contributed by atoms with Crippen molar-refractivity contribution in [2.24, 2.45) is 5.92 Å². The van der Waals surface area contributed by atoms with Crippen molar-refractivity contribution < 1.29 is 23.5 Å². The summed E-state index contributed by atoms with van der Waals surface area (Å²) in [6, 6.07) is 10.5. The second-order valence-electron chi connectivity index (χ2n) is 6.74. The van der Waals surface area contributed by atoms with Gasteiger partial charge in [-0.25, -0.2) is 4.79 Å². The lowest BCUT2D eigenvalue weighted by molar-refractivity contribution is -0.137. The molecule has 0 radical (unpaired) electrons. The molecule has 1 aromatic heterocycles. The van der Waals surface area contributed by atoms with E-state index >= 15 is 0 Å². The molecular weight excluding hydrogens is 372 g/mol. The largest absolute Gasteiger partial charge is 0.463 e. The molecule has 2 amide bonds. The van der Waals surface area contributed by atoms with Crippen molar-refractivity contribution in [1.29, 1.82) is 0 Å².